The van der Waals surface area contributed by atoms with Crippen LogP contribution < -0.4 is 5.32 Å². The molecule has 0 aliphatic heterocycles. The molecule has 1 nitrogen and oxygen atoms in total. The van der Waals surface area contributed by atoms with Crippen molar-refractivity contribution in [3.05, 3.63) is 70.5 Å². The standard InChI is InChI=1S/C18H21ClFN/c1-18(2,12-11-14-7-4-3-5-8-14)21-13-15-9-6-10-16(19)17(15)20/h3-10,21H,11-13H2,1-2H3. The van der Waals surface area contributed by atoms with Gasteiger partial charge in [-0.15, -0.1) is 0 Å². The maximum Gasteiger partial charge on any atom is 0.146 e. The van der Waals surface area contributed by atoms with Gasteiger partial charge in [0.05, 0.1) is 5.02 Å². The van der Waals surface area contributed by atoms with Crippen molar-refractivity contribution in [2.75, 3.05) is 0 Å². The summed E-state index contributed by atoms with van der Waals surface area (Å²) in [6.45, 7) is 4.75. The van der Waals surface area contributed by atoms with Crippen LogP contribution in [0.25, 0.3) is 0 Å². The molecular formula is C18H21ClFN. The van der Waals surface area contributed by atoms with Gasteiger partial charge in [-0.05, 0) is 38.3 Å². The first-order chi connectivity index (χ1) is 9.98. The molecule has 112 valence electrons. The molecule has 0 atom stereocenters. The lowest BCUT2D eigenvalue weighted by atomic mass is 9.95. The molecule has 2 aromatic carbocycles. The van der Waals surface area contributed by atoms with Gasteiger partial charge in [-0.2, -0.15) is 0 Å². The highest BCUT2D eigenvalue weighted by atomic mass is 35.5. The molecule has 0 amide bonds. The number of benzene rings is 2. The molecule has 0 radical (unpaired) electrons. The topological polar surface area (TPSA) is 12.0 Å². The maximum absolute atomic E-state index is 13.9. The van der Waals surface area contributed by atoms with Gasteiger partial charge in [-0.3, -0.25) is 0 Å². The fourth-order valence-electron chi connectivity index (χ4n) is 2.21. The third kappa shape index (κ3) is 4.83. The Morgan fingerprint density at radius 1 is 1.05 bits per heavy atom. The number of halogens is 2. The highest BCUT2D eigenvalue weighted by molar-refractivity contribution is 6.30. The normalized spacial score (nSPS) is 11.6. The molecule has 0 bridgehead atoms. The van der Waals surface area contributed by atoms with E-state index in [4.69, 9.17) is 11.6 Å². The molecule has 0 unspecified atom stereocenters. The van der Waals surface area contributed by atoms with E-state index in [-0.39, 0.29) is 16.4 Å². The van der Waals surface area contributed by atoms with E-state index in [0.717, 1.165) is 12.8 Å². The molecule has 0 fully saturated rings. The van der Waals surface area contributed by atoms with Gasteiger partial charge in [0.15, 0.2) is 0 Å². The zero-order valence-electron chi connectivity index (χ0n) is 12.5. The maximum atomic E-state index is 13.9. The van der Waals surface area contributed by atoms with E-state index in [1.54, 1.807) is 18.2 Å². The van der Waals surface area contributed by atoms with Crippen molar-refractivity contribution in [3.63, 3.8) is 0 Å². The van der Waals surface area contributed by atoms with E-state index >= 15 is 0 Å². The summed E-state index contributed by atoms with van der Waals surface area (Å²) in [4.78, 5) is 0. The van der Waals surface area contributed by atoms with Crippen molar-refractivity contribution in [1.29, 1.82) is 0 Å². The lowest BCUT2D eigenvalue weighted by Crippen LogP contribution is -2.39. The van der Waals surface area contributed by atoms with Crippen LogP contribution in [0.3, 0.4) is 0 Å². The fraction of sp³-hybridized carbons (Fsp3) is 0.333. The lowest BCUT2D eigenvalue weighted by Gasteiger charge is -2.27. The average molecular weight is 306 g/mol. The quantitative estimate of drug-likeness (QED) is 0.793. The highest BCUT2D eigenvalue weighted by Crippen LogP contribution is 2.19. The van der Waals surface area contributed by atoms with E-state index in [9.17, 15) is 4.39 Å². The monoisotopic (exact) mass is 305 g/mol. The minimum absolute atomic E-state index is 0.0649. The van der Waals surface area contributed by atoms with E-state index in [0.29, 0.717) is 12.1 Å². The van der Waals surface area contributed by atoms with Crippen LogP contribution in [0.5, 0.6) is 0 Å². The van der Waals surface area contributed by atoms with Gasteiger partial charge in [0.1, 0.15) is 5.82 Å². The summed E-state index contributed by atoms with van der Waals surface area (Å²) in [6, 6.07) is 15.5. The van der Waals surface area contributed by atoms with Crippen LogP contribution in [0.4, 0.5) is 4.39 Å². The SMILES string of the molecule is CC(C)(CCc1ccccc1)NCc1cccc(Cl)c1F. The lowest BCUT2D eigenvalue weighted by molar-refractivity contribution is 0.357. The minimum Gasteiger partial charge on any atom is -0.308 e. The van der Waals surface area contributed by atoms with Crippen molar-refractivity contribution in [2.24, 2.45) is 0 Å². The first-order valence-corrected chi connectivity index (χ1v) is 7.57. The first kappa shape index (κ1) is 16.0. The van der Waals surface area contributed by atoms with E-state index < -0.39 is 0 Å². The van der Waals surface area contributed by atoms with Crippen molar-refractivity contribution < 1.29 is 4.39 Å². The van der Waals surface area contributed by atoms with Crippen LogP contribution in [0, 0.1) is 5.82 Å². The van der Waals surface area contributed by atoms with Crippen LogP contribution in [-0.2, 0) is 13.0 Å². The molecule has 0 spiro atoms. The molecule has 21 heavy (non-hydrogen) atoms. The molecular weight excluding hydrogens is 285 g/mol. The van der Waals surface area contributed by atoms with Crippen LogP contribution in [-0.4, -0.2) is 5.54 Å². The summed E-state index contributed by atoms with van der Waals surface area (Å²) < 4.78 is 13.9. The predicted octanol–water partition coefficient (Wildman–Crippen LogP) is 4.98. The Balaban J connectivity index is 1.90. The van der Waals surface area contributed by atoms with Gasteiger partial charge in [0.2, 0.25) is 0 Å². The number of hydrogen-bond donors (Lipinski definition) is 1. The number of nitrogens with one attached hydrogen (secondary N) is 1. The van der Waals surface area contributed by atoms with Gasteiger partial charge < -0.3 is 5.32 Å². The Hall–Kier alpha value is -1.38. The van der Waals surface area contributed by atoms with Gasteiger partial charge >= 0.3 is 0 Å². The summed E-state index contributed by atoms with van der Waals surface area (Å²) in [7, 11) is 0. The molecule has 0 saturated heterocycles. The van der Waals surface area contributed by atoms with E-state index in [1.165, 1.54) is 5.56 Å². The van der Waals surface area contributed by atoms with E-state index in [1.807, 2.05) is 6.07 Å². The number of hydrogen-bond acceptors (Lipinski definition) is 1. The molecule has 0 aliphatic rings. The van der Waals surface area contributed by atoms with Crippen LogP contribution in [0.15, 0.2) is 48.5 Å². The smallest absolute Gasteiger partial charge is 0.146 e. The molecule has 0 saturated carbocycles. The second-order valence-electron chi connectivity index (χ2n) is 5.94. The Labute approximate surface area is 131 Å². The Kier molecular flexibility index (Phi) is 5.38. The summed E-state index contributed by atoms with van der Waals surface area (Å²) in [5, 5.41) is 3.59. The van der Waals surface area contributed by atoms with Crippen molar-refractivity contribution >= 4 is 11.6 Å². The predicted molar refractivity (Wildman–Crippen MR) is 87.1 cm³/mol. The van der Waals surface area contributed by atoms with Crippen LogP contribution in [0.2, 0.25) is 5.02 Å². The third-order valence-corrected chi connectivity index (χ3v) is 3.96. The minimum atomic E-state index is -0.328. The molecule has 0 aliphatic carbocycles. The largest absolute Gasteiger partial charge is 0.308 e. The van der Waals surface area contributed by atoms with Gasteiger partial charge in [-0.25, -0.2) is 4.39 Å². The highest BCUT2D eigenvalue weighted by Gasteiger charge is 2.18. The second kappa shape index (κ2) is 7.06. The first-order valence-electron chi connectivity index (χ1n) is 7.20. The van der Waals surface area contributed by atoms with Gasteiger partial charge in [0.25, 0.3) is 0 Å². The summed E-state index contributed by atoms with van der Waals surface area (Å²) >= 11 is 5.80. The van der Waals surface area contributed by atoms with E-state index in [2.05, 4.69) is 43.4 Å². The number of aryl methyl sites for hydroxylation is 1. The Bertz CT molecular complexity index is 581. The Morgan fingerprint density at radius 2 is 1.76 bits per heavy atom. The molecule has 0 aromatic heterocycles. The van der Waals surface area contributed by atoms with Crippen molar-refractivity contribution in [2.45, 2.75) is 38.8 Å². The summed E-state index contributed by atoms with van der Waals surface area (Å²) in [6.07, 6.45) is 1.98. The molecule has 1 N–H and O–H groups in total. The van der Waals surface area contributed by atoms with Gasteiger partial charge in [-0.1, -0.05) is 54.1 Å². The molecule has 2 aromatic rings. The fourth-order valence-corrected chi connectivity index (χ4v) is 2.40. The van der Waals surface area contributed by atoms with Crippen molar-refractivity contribution in [1.82, 2.24) is 5.32 Å². The third-order valence-electron chi connectivity index (χ3n) is 3.67. The summed E-state index contributed by atoms with van der Waals surface area (Å²) in [5.74, 6) is -0.328. The van der Waals surface area contributed by atoms with Crippen LogP contribution >= 0.6 is 11.6 Å². The van der Waals surface area contributed by atoms with Crippen molar-refractivity contribution in [3.8, 4) is 0 Å². The second-order valence-corrected chi connectivity index (χ2v) is 6.34. The zero-order valence-corrected chi connectivity index (χ0v) is 13.3. The Morgan fingerprint density at radius 3 is 2.48 bits per heavy atom. The number of rotatable bonds is 6. The molecule has 2 rings (SSSR count). The van der Waals surface area contributed by atoms with Gasteiger partial charge in [0, 0.05) is 17.6 Å². The summed E-state index contributed by atoms with van der Waals surface area (Å²) in [5.41, 5.74) is 1.86. The molecule has 0 heterocycles. The zero-order chi connectivity index (χ0) is 15.3. The van der Waals surface area contributed by atoms with Crippen LogP contribution in [0.1, 0.15) is 31.4 Å². The average Bonchev–Trinajstić information content (AvgIpc) is 2.48. The molecule has 3 heteroatoms.